The average Bonchev–Trinajstić information content (AvgIpc) is 3.21. The molecule has 0 saturated carbocycles. The molecule has 25 heavy (non-hydrogen) atoms. The van der Waals surface area contributed by atoms with Crippen molar-refractivity contribution in [1.29, 1.82) is 0 Å². The number of nitrogens with zero attached hydrogens (tertiary/aromatic N) is 2. The summed E-state index contributed by atoms with van der Waals surface area (Å²) in [5.41, 5.74) is 1.94. The first-order chi connectivity index (χ1) is 12.0. The molecule has 0 saturated heterocycles. The Balaban J connectivity index is 1.53. The van der Waals surface area contributed by atoms with Crippen molar-refractivity contribution in [2.24, 2.45) is 0 Å². The molecule has 1 unspecified atom stereocenters. The molecule has 7 nitrogen and oxygen atoms in total. The van der Waals surface area contributed by atoms with E-state index in [0.717, 1.165) is 10.3 Å². The Hall–Kier alpha value is -2.45. The van der Waals surface area contributed by atoms with Gasteiger partial charge in [-0.05, 0) is 18.6 Å². The Labute approximate surface area is 152 Å². The molecule has 0 aliphatic carbocycles. The second-order valence-corrected chi connectivity index (χ2v) is 6.96. The van der Waals surface area contributed by atoms with Crippen LogP contribution in [0, 0.1) is 0 Å². The van der Waals surface area contributed by atoms with Crippen LogP contribution < -0.4 is 10.6 Å². The van der Waals surface area contributed by atoms with Crippen molar-refractivity contribution >= 4 is 45.0 Å². The maximum Gasteiger partial charge on any atom is 0.254 e. The lowest BCUT2D eigenvalue weighted by Crippen LogP contribution is -2.42. The zero-order valence-electron chi connectivity index (χ0n) is 13.4. The average molecular weight is 378 g/mol. The topological polar surface area (TPSA) is 99.8 Å². The van der Waals surface area contributed by atoms with Gasteiger partial charge >= 0.3 is 0 Å². The van der Waals surface area contributed by atoms with Crippen LogP contribution in [0.25, 0.3) is 10.2 Å². The summed E-state index contributed by atoms with van der Waals surface area (Å²) in [7, 11) is 0. The van der Waals surface area contributed by atoms with Crippen molar-refractivity contribution in [3.05, 3.63) is 46.2 Å². The summed E-state index contributed by atoms with van der Waals surface area (Å²) in [6.45, 7) is 2.15. The number of nitrogens with one attached hydrogen (secondary N) is 3. The summed E-state index contributed by atoms with van der Waals surface area (Å²) in [5, 5.41) is 14.4. The smallest absolute Gasteiger partial charge is 0.254 e. The number of carbonyl (C=O) groups is 2. The highest BCUT2D eigenvalue weighted by Crippen LogP contribution is 2.26. The van der Waals surface area contributed by atoms with E-state index in [1.807, 2.05) is 6.92 Å². The summed E-state index contributed by atoms with van der Waals surface area (Å²) < 4.78 is 0.860. The molecule has 3 aromatic heterocycles. The van der Waals surface area contributed by atoms with Crippen molar-refractivity contribution in [2.75, 3.05) is 6.54 Å². The van der Waals surface area contributed by atoms with Gasteiger partial charge < -0.3 is 10.6 Å². The molecule has 3 heterocycles. The number of hydrogen-bond acceptors (Lipinski definition) is 5. The van der Waals surface area contributed by atoms with Crippen LogP contribution in [-0.4, -0.2) is 39.6 Å². The standard InChI is InChI=1S/C16H16ClN5O2S/c1-9(22-14(23)2-10-5-20-21-6-10)4-19-16(24)12-8-25-13-3-11(17)7-18-15(12)13/h3,5-9H,2,4H2,1H3,(H,19,24)(H,20,21)(H,22,23). The van der Waals surface area contributed by atoms with Crippen LogP contribution >= 0.6 is 22.9 Å². The van der Waals surface area contributed by atoms with Gasteiger partial charge in [-0.2, -0.15) is 5.10 Å². The number of thiophene rings is 1. The van der Waals surface area contributed by atoms with Gasteiger partial charge in [-0.1, -0.05) is 11.6 Å². The summed E-state index contributed by atoms with van der Waals surface area (Å²) in [6.07, 6.45) is 5.04. The molecule has 3 aromatic rings. The van der Waals surface area contributed by atoms with Crippen LogP contribution in [0.2, 0.25) is 5.02 Å². The predicted molar refractivity (Wildman–Crippen MR) is 96.9 cm³/mol. The Morgan fingerprint density at radius 2 is 2.24 bits per heavy atom. The highest BCUT2D eigenvalue weighted by Gasteiger charge is 2.15. The van der Waals surface area contributed by atoms with E-state index in [0.29, 0.717) is 22.6 Å². The summed E-state index contributed by atoms with van der Waals surface area (Å²) in [6, 6.07) is 1.58. The third-order valence-electron chi connectivity index (χ3n) is 3.52. The minimum absolute atomic E-state index is 0.125. The number of H-pyrrole nitrogens is 1. The van der Waals surface area contributed by atoms with E-state index in [1.165, 1.54) is 17.5 Å². The summed E-state index contributed by atoms with van der Waals surface area (Å²) >= 11 is 7.32. The van der Waals surface area contributed by atoms with E-state index >= 15 is 0 Å². The summed E-state index contributed by atoms with van der Waals surface area (Å²) in [4.78, 5) is 28.5. The number of pyridine rings is 1. The molecule has 0 fully saturated rings. The fraction of sp³-hybridized carbons (Fsp3) is 0.250. The van der Waals surface area contributed by atoms with Crippen LogP contribution in [0.15, 0.2) is 30.0 Å². The van der Waals surface area contributed by atoms with Crippen molar-refractivity contribution in [1.82, 2.24) is 25.8 Å². The molecule has 0 bridgehead atoms. The highest BCUT2D eigenvalue weighted by atomic mass is 35.5. The number of fused-ring (bicyclic) bond motifs is 1. The predicted octanol–water partition coefficient (Wildman–Crippen LogP) is 2.15. The minimum Gasteiger partial charge on any atom is -0.352 e. The molecule has 3 rings (SSSR count). The Morgan fingerprint density at radius 3 is 3.00 bits per heavy atom. The van der Waals surface area contributed by atoms with Crippen molar-refractivity contribution in [2.45, 2.75) is 19.4 Å². The quantitative estimate of drug-likeness (QED) is 0.612. The third-order valence-corrected chi connectivity index (χ3v) is 4.64. The van der Waals surface area contributed by atoms with Gasteiger partial charge in [0.1, 0.15) is 0 Å². The van der Waals surface area contributed by atoms with Crippen LogP contribution in [0.3, 0.4) is 0 Å². The van der Waals surface area contributed by atoms with Crippen LogP contribution in [0.1, 0.15) is 22.8 Å². The molecule has 0 radical (unpaired) electrons. The lowest BCUT2D eigenvalue weighted by atomic mass is 10.2. The maximum atomic E-state index is 12.3. The molecule has 0 spiro atoms. The van der Waals surface area contributed by atoms with E-state index in [-0.39, 0.29) is 24.3 Å². The van der Waals surface area contributed by atoms with E-state index in [2.05, 4.69) is 25.8 Å². The molecular formula is C16H16ClN5O2S. The fourth-order valence-corrected chi connectivity index (χ4v) is 3.49. The van der Waals surface area contributed by atoms with Crippen LogP contribution in [-0.2, 0) is 11.2 Å². The van der Waals surface area contributed by atoms with Gasteiger partial charge in [-0.3, -0.25) is 19.7 Å². The number of hydrogen-bond donors (Lipinski definition) is 3. The van der Waals surface area contributed by atoms with Crippen molar-refractivity contribution in [3.8, 4) is 0 Å². The van der Waals surface area contributed by atoms with Gasteiger partial charge in [0.25, 0.3) is 5.91 Å². The highest BCUT2D eigenvalue weighted by molar-refractivity contribution is 7.17. The zero-order chi connectivity index (χ0) is 17.8. The first-order valence-corrected chi connectivity index (χ1v) is 8.86. The molecule has 130 valence electrons. The second kappa shape index (κ2) is 7.62. The van der Waals surface area contributed by atoms with Crippen molar-refractivity contribution in [3.63, 3.8) is 0 Å². The maximum absolute atomic E-state index is 12.3. The van der Waals surface area contributed by atoms with E-state index in [9.17, 15) is 9.59 Å². The largest absolute Gasteiger partial charge is 0.352 e. The lowest BCUT2D eigenvalue weighted by Gasteiger charge is -2.14. The van der Waals surface area contributed by atoms with Gasteiger partial charge in [0.15, 0.2) is 0 Å². The van der Waals surface area contributed by atoms with Gasteiger partial charge in [-0.15, -0.1) is 11.3 Å². The molecule has 9 heteroatoms. The number of carbonyl (C=O) groups excluding carboxylic acids is 2. The molecular weight excluding hydrogens is 362 g/mol. The number of aromatic amines is 1. The zero-order valence-corrected chi connectivity index (χ0v) is 14.9. The first-order valence-electron chi connectivity index (χ1n) is 7.61. The molecule has 0 aliphatic rings. The molecule has 3 N–H and O–H groups in total. The normalized spacial score (nSPS) is 12.1. The van der Waals surface area contributed by atoms with Crippen LogP contribution in [0.4, 0.5) is 0 Å². The molecule has 0 aliphatic heterocycles. The van der Waals surface area contributed by atoms with E-state index in [1.54, 1.807) is 23.8 Å². The van der Waals surface area contributed by atoms with Gasteiger partial charge in [-0.25, -0.2) is 0 Å². The Kier molecular flexibility index (Phi) is 5.30. The first kappa shape index (κ1) is 17.4. The fourth-order valence-electron chi connectivity index (χ4n) is 2.33. The Bertz CT molecular complexity index is 893. The Morgan fingerprint density at radius 1 is 1.40 bits per heavy atom. The van der Waals surface area contributed by atoms with Crippen LogP contribution in [0.5, 0.6) is 0 Å². The molecule has 1 atom stereocenters. The summed E-state index contributed by atoms with van der Waals surface area (Å²) in [5.74, 6) is -0.350. The number of amides is 2. The SMILES string of the molecule is CC(CNC(=O)c1csc2cc(Cl)cnc12)NC(=O)Cc1cn[nH]c1. The van der Waals surface area contributed by atoms with E-state index in [4.69, 9.17) is 11.6 Å². The van der Waals surface area contributed by atoms with Crippen molar-refractivity contribution < 1.29 is 9.59 Å². The van der Waals surface area contributed by atoms with Gasteiger partial charge in [0.2, 0.25) is 5.91 Å². The second-order valence-electron chi connectivity index (χ2n) is 5.61. The number of aromatic nitrogens is 3. The van der Waals surface area contributed by atoms with E-state index < -0.39 is 0 Å². The molecule has 2 amide bonds. The monoisotopic (exact) mass is 377 g/mol. The molecule has 0 aromatic carbocycles. The minimum atomic E-state index is -0.225. The third kappa shape index (κ3) is 4.34. The lowest BCUT2D eigenvalue weighted by molar-refractivity contribution is -0.121. The van der Waals surface area contributed by atoms with Gasteiger partial charge in [0, 0.05) is 30.4 Å². The van der Waals surface area contributed by atoms with Gasteiger partial charge in [0.05, 0.1) is 33.4 Å². The number of rotatable bonds is 6. The number of halogens is 1.